The van der Waals surface area contributed by atoms with E-state index in [0.29, 0.717) is 19.7 Å². The third kappa shape index (κ3) is 5.78. The van der Waals surface area contributed by atoms with Crippen LogP contribution in [-0.2, 0) is 4.74 Å². The normalized spacial score (nSPS) is 33.3. The molecule has 112 valence electrons. The van der Waals surface area contributed by atoms with Crippen molar-refractivity contribution in [3.8, 4) is 0 Å². The predicted molar refractivity (Wildman–Crippen MR) is 75.0 cm³/mol. The van der Waals surface area contributed by atoms with Crippen LogP contribution in [0.15, 0.2) is 0 Å². The maximum atomic E-state index is 10.4. The summed E-state index contributed by atoms with van der Waals surface area (Å²) in [6, 6.07) is 0. The van der Waals surface area contributed by atoms with Crippen molar-refractivity contribution < 1.29 is 14.9 Å². The zero-order chi connectivity index (χ0) is 13.7. The lowest BCUT2D eigenvalue weighted by atomic mass is 9.79. The first kappa shape index (κ1) is 15.2. The number of aliphatic hydroxyl groups is 2. The lowest BCUT2D eigenvalue weighted by Gasteiger charge is -2.35. The Hall–Kier alpha value is -0.160. The predicted octanol–water partition coefficient (Wildman–Crippen LogP) is 1.30. The van der Waals surface area contributed by atoms with Crippen molar-refractivity contribution in [2.45, 2.75) is 57.2 Å². The number of nitrogens with one attached hydrogen (secondary N) is 1. The van der Waals surface area contributed by atoms with Gasteiger partial charge in [0.05, 0.1) is 18.3 Å². The highest BCUT2D eigenvalue weighted by Crippen LogP contribution is 2.31. The number of hydrogen-bond acceptors (Lipinski definition) is 4. The van der Waals surface area contributed by atoms with Crippen LogP contribution in [0.5, 0.6) is 0 Å². The number of hydrogen-bond donors (Lipinski definition) is 3. The van der Waals surface area contributed by atoms with E-state index in [9.17, 15) is 10.2 Å². The van der Waals surface area contributed by atoms with E-state index in [0.717, 1.165) is 44.1 Å². The van der Waals surface area contributed by atoms with Gasteiger partial charge >= 0.3 is 0 Å². The van der Waals surface area contributed by atoms with Gasteiger partial charge in [0.15, 0.2) is 0 Å². The molecule has 0 heterocycles. The summed E-state index contributed by atoms with van der Waals surface area (Å²) < 4.78 is 5.45. The van der Waals surface area contributed by atoms with Gasteiger partial charge in [0.25, 0.3) is 0 Å². The topological polar surface area (TPSA) is 61.7 Å². The van der Waals surface area contributed by atoms with Crippen LogP contribution >= 0.6 is 0 Å². The van der Waals surface area contributed by atoms with Gasteiger partial charge in [-0.1, -0.05) is 6.92 Å². The molecular weight excluding hydrogens is 242 g/mol. The number of aliphatic hydroxyl groups excluding tert-OH is 1. The Kier molecular flexibility index (Phi) is 5.63. The van der Waals surface area contributed by atoms with Crippen LogP contribution in [-0.4, -0.2) is 48.2 Å². The Balaban J connectivity index is 1.52. The fraction of sp³-hybridized carbons (Fsp3) is 1.00. The first-order chi connectivity index (χ1) is 9.07. The summed E-state index contributed by atoms with van der Waals surface area (Å²) in [5, 5.41) is 23.3. The Morgan fingerprint density at radius 2 is 1.95 bits per heavy atom. The molecule has 0 aromatic carbocycles. The minimum atomic E-state index is -0.568. The molecule has 0 spiro atoms. The number of rotatable bonds is 8. The van der Waals surface area contributed by atoms with E-state index in [1.54, 1.807) is 0 Å². The van der Waals surface area contributed by atoms with Gasteiger partial charge in [0, 0.05) is 19.7 Å². The first-order valence-electron chi connectivity index (χ1n) is 7.76. The lowest BCUT2D eigenvalue weighted by molar-refractivity contribution is -0.0121. The molecule has 4 nitrogen and oxygen atoms in total. The zero-order valence-corrected chi connectivity index (χ0v) is 12.1. The second-order valence-corrected chi connectivity index (χ2v) is 6.67. The summed E-state index contributed by atoms with van der Waals surface area (Å²) in [6.45, 7) is 4.52. The monoisotopic (exact) mass is 271 g/mol. The van der Waals surface area contributed by atoms with Crippen molar-refractivity contribution >= 4 is 0 Å². The summed E-state index contributed by atoms with van der Waals surface area (Å²) >= 11 is 0. The first-order valence-corrected chi connectivity index (χ1v) is 7.76. The van der Waals surface area contributed by atoms with Crippen LogP contribution in [0.4, 0.5) is 0 Å². The van der Waals surface area contributed by atoms with E-state index in [2.05, 4.69) is 12.2 Å². The van der Waals surface area contributed by atoms with Gasteiger partial charge in [0.2, 0.25) is 0 Å². The molecule has 1 unspecified atom stereocenters. The lowest BCUT2D eigenvalue weighted by Crippen LogP contribution is -2.45. The molecule has 0 radical (unpaired) electrons. The van der Waals surface area contributed by atoms with Crippen LogP contribution in [0, 0.1) is 11.8 Å². The molecule has 2 saturated carbocycles. The Bertz CT molecular complexity index is 260. The standard InChI is InChI=1S/C15H29NO3/c1-12-4-6-15(18,7-5-12)11-16-8-14(17)10-19-9-13-2-3-13/h12-14,16-18H,2-11H2,1H3. The van der Waals surface area contributed by atoms with Gasteiger partial charge in [-0.25, -0.2) is 0 Å². The Morgan fingerprint density at radius 3 is 2.58 bits per heavy atom. The molecule has 0 aromatic rings. The second kappa shape index (κ2) is 7.02. The highest BCUT2D eigenvalue weighted by molar-refractivity contribution is 4.86. The molecule has 0 saturated heterocycles. The van der Waals surface area contributed by atoms with E-state index >= 15 is 0 Å². The average Bonchev–Trinajstić information content (AvgIpc) is 3.18. The molecule has 0 amide bonds. The van der Waals surface area contributed by atoms with Crippen LogP contribution in [0.3, 0.4) is 0 Å². The highest BCUT2D eigenvalue weighted by atomic mass is 16.5. The molecule has 2 aliphatic carbocycles. The van der Waals surface area contributed by atoms with Crippen molar-refractivity contribution in [1.82, 2.24) is 5.32 Å². The maximum absolute atomic E-state index is 10.4. The fourth-order valence-electron chi connectivity index (χ4n) is 2.66. The summed E-state index contributed by atoms with van der Waals surface area (Å²) in [5.74, 6) is 1.48. The van der Waals surface area contributed by atoms with Crippen molar-refractivity contribution in [3.05, 3.63) is 0 Å². The minimum Gasteiger partial charge on any atom is -0.389 e. The molecule has 19 heavy (non-hydrogen) atoms. The molecule has 2 aliphatic rings. The molecule has 2 fully saturated rings. The van der Waals surface area contributed by atoms with E-state index in [1.165, 1.54) is 12.8 Å². The smallest absolute Gasteiger partial charge is 0.0897 e. The molecular formula is C15H29NO3. The van der Waals surface area contributed by atoms with Crippen molar-refractivity contribution in [2.75, 3.05) is 26.3 Å². The molecule has 0 aromatic heterocycles. The fourth-order valence-corrected chi connectivity index (χ4v) is 2.66. The second-order valence-electron chi connectivity index (χ2n) is 6.67. The van der Waals surface area contributed by atoms with E-state index in [1.807, 2.05) is 0 Å². The Labute approximate surface area is 116 Å². The zero-order valence-electron chi connectivity index (χ0n) is 12.1. The van der Waals surface area contributed by atoms with E-state index in [4.69, 9.17) is 4.74 Å². The van der Waals surface area contributed by atoms with Gasteiger partial charge in [-0.2, -0.15) is 0 Å². The SMILES string of the molecule is CC1CCC(O)(CNCC(O)COCC2CC2)CC1. The van der Waals surface area contributed by atoms with Crippen LogP contribution in [0.25, 0.3) is 0 Å². The van der Waals surface area contributed by atoms with Gasteiger partial charge in [-0.3, -0.25) is 0 Å². The molecule has 0 aliphatic heterocycles. The minimum absolute atomic E-state index is 0.402. The van der Waals surface area contributed by atoms with Crippen LogP contribution < -0.4 is 5.32 Å². The molecule has 4 heteroatoms. The summed E-state index contributed by atoms with van der Waals surface area (Å²) in [6.07, 6.45) is 6.03. The van der Waals surface area contributed by atoms with Gasteiger partial charge in [-0.05, 0) is 50.4 Å². The van der Waals surface area contributed by atoms with Gasteiger partial charge < -0.3 is 20.3 Å². The maximum Gasteiger partial charge on any atom is 0.0897 e. The van der Waals surface area contributed by atoms with Crippen molar-refractivity contribution in [3.63, 3.8) is 0 Å². The summed E-state index contributed by atoms with van der Waals surface area (Å²) in [4.78, 5) is 0. The molecule has 3 N–H and O–H groups in total. The van der Waals surface area contributed by atoms with Crippen LogP contribution in [0.2, 0.25) is 0 Å². The summed E-state index contributed by atoms with van der Waals surface area (Å²) in [5.41, 5.74) is -0.568. The van der Waals surface area contributed by atoms with Crippen molar-refractivity contribution in [2.24, 2.45) is 11.8 Å². The van der Waals surface area contributed by atoms with Gasteiger partial charge in [-0.15, -0.1) is 0 Å². The van der Waals surface area contributed by atoms with Gasteiger partial charge in [0.1, 0.15) is 0 Å². The highest BCUT2D eigenvalue weighted by Gasteiger charge is 2.31. The average molecular weight is 271 g/mol. The third-order valence-electron chi connectivity index (χ3n) is 4.40. The largest absolute Gasteiger partial charge is 0.389 e. The number of ether oxygens (including phenoxy) is 1. The quantitative estimate of drug-likeness (QED) is 0.623. The third-order valence-corrected chi connectivity index (χ3v) is 4.40. The van der Waals surface area contributed by atoms with Crippen LogP contribution in [0.1, 0.15) is 45.4 Å². The summed E-state index contributed by atoms with van der Waals surface area (Å²) in [7, 11) is 0. The van der Waals surface area contributed by atoms with E-state index < -0.39 is 11.7 Å². The van der Waals surface area contributed by atoms with E-state index in [-0.39, 0.29) is 0 Å². The van der Waals surface area contributed by atoms with Crippen molar-refractivity contribution in [1.29, 1.82) is 0 Å². The molecule has 2 rings (SSSR count). The Morgan fingerprint density at radius 1 is 1.26 bits per heavy atom. The molecule has 1 atom stereocenters. The molecule has 0 bridgehead atoms.